The SMILES string of the molecule is CN=C(NCc1ccc(N2CCCC2=O)cc1)NCc1ncc(C)c(OC)c1C.I. The van der Waals surface area contributed by atoms with E-state index in [0.717, 1.165) is 46.8 Å². The molecule has 2 aromatic rings. The molecule has 1 saturated heterocycles. The van der Waals surface area contributed by atoms with Gasteiger partial charge < -0.3 is 20.3 Å². The zero-order valence-electron chi connectivity index (χ0n) is 18.0. The summed E-state index contributed by atoms with van der Waals surface area (Å²) < 4.78 is 5.47. The molecule has 2 N–H and O–H groups in total. The van der Waals surface area contributed by atoms with Gasteiger partial charge in [-0.15, -0.1) is 24.0 Å². The van der Waals surface area contributed by atoms with Gasteiger partial charge in [0.2, 0.25) is 5.91 Å². The number of methoxy groups -OCH3 is 1. The Kier molecular flexibility index (Phi) is 8.88. The minimum atomic E-state index is 0. The number of pyridine rings is 1. The van der Waals surface area contributed by atoms with Gasteiger partial charge in [0.1, 0.15) is 5.75 Å². The van der Waals surface area contributed by atoms with Crippen molar-refractivity contribution < 1.29 is 9.53 Å². The number of ether oxygens (including phenoxy) is 1. The molecule has 0 spiro atoms. The van der Waals surface area contributed by atoms with Gasteiger partial charge in [-0.2, -0.15) is 0 Å². The Morgan fingerprint density at radius 2 is 1.90 bits per heavy atom. The van der Waals surface area contributed by atoms with Crippen molar-refractivity contribution in [3.8, 4) is 5.75 Å². The smallest absolute Gasteiger partial charge is 0.227 e. The van der Waals surface area contributed by atoms with Crippen LogP contribution in [0.5, 0.6) is 5.75 Å². The van der Waals surface area contributed by atoms with E-state index in [2.05, 4.69) is 20.6 Å². The van der Waals surface area contributed by atoms with Crippen molar-refractivity contribution in [2.45, 2.75) is 39.8 Å². The number of nitrogens with one attached hydrogen (secondary N) is 2. The highest BCUT2D eigenvalue weighted by Crippen LogP contribution is 2.24. The van der Waals surface area contributed by atoms with Crippen molar-refractivity contribution in [1.29, 1.82) is 0 Å². The number of carbonyl (C=O) groups excluding carboxylic acids is 1. The highest BCUT2D eigenvalue weighted by molar-refractivity contribution is 14.0. The highest BCUT2D eigenvalue weighted by atomic mass is 127. The van der Waals surface area contributed by atoms with Crippen molar-refractivity contribution in [2.75, 3.05) is 25.6 Å². The minimum absolute atomic E-state index is 0. The summed E-state index contributed by atoms with van der Waals surface area (Å²) in [5, 5.41) is 6.61. The van der Waals surface area contributed by atoms with Crippen molar-refractivity contribution in [2.24, 2.45) is 4.99 Å². The van der Waals surface area contributed by atoms with E-state index in [-0.39, 0.29) is 29.9 Å². The highest BCUT2D eigenvalue weighted by Gasteiger charge is 2.21. The van der Waals surface area contributed by atoms with Crippen molar-refractivity contribution in [3.05, 3.63) is 52.8 Å². The molecule has 1 aromatic carbocycles. The molecule has 1 aliphatic rings. The fourth-order valence-corrected chi connectivity index (χ4v) is 3.54. The summed E-state index contributed by atoms with van der Waals surface area (Å²) in [5.41, 5.74) is 5.07. The number of amides is 1. The normalized spacial score (nSPS) is 13.8. The monoisotopic (exact) mass is 523 g/mol. The van der Waals surface area contributed by atoms with Crippen LogP contribution in [0.4, 0.5) is 5.69 Å². The third-order valence-electron chi connectivity index (χ3n) is 5.18. The summed E-state index contributed by atoms with van der Waals surface area (Å²) in [6.45, 7) is 6.00. The summed E-state index contributed by atoms with van der Waals surface area (Å²) in [6.07, 6.45) is 3.41. The molecule has 1 fully saturated rings. The van der Waals surface area contributed by atoms with E-state index >= 15 is 0 Å². The molecule has 0 bridgehead atoms. The Bertz CT molecular complexity index is 899. The number of anilines is 1. The predicted molar refractivity (Wildman–Crippen MR) is 131 cm³/mol. The van der Waals surface area contributed by atoms with Crippen LogP contribution in [0, 0.1) is 13.8 Å². The van der Waals surface area contributed by atoms with Crippen LogP contribution in [-0.4, -0.2) is 37.6 Å². The van der Waals surface area contributed by atoms with Crippen LogP contribution in [-0.2, 0) is 17.9 Å². The fraction of sp³-hybridized carbons (Fsp3) is 0.409. The second kappa shape index (κ2) is 11.1. The lowest BCUT2D eigenvalue weighted by Gasteiger charge is -2.17. The van der Waals surface area contributed by atoms with Crippen molar-refractivity contribution >= 4 is 41.5 Å². The fourth-order valence-electron chi connectivity index (χ4n) is 3.54. The average Bonchev–Trinajstić information content (AvgIpc) is 3.16. The van der Waals surface area contributed by atoms with Gasteiger partial charge in [0.15, 0.2) is 5.96 Å². The maximum atomic E-state index is 11.9. The topological polar surface area (TPSA) is 78.9 Å². The first kappa shape index (κ1) is 23.9. The van der Waals surface area contributed by atoms with Gasteiger partial charge in [-0.25, -0.2) is 0 Å². The van der Waals surface area contributed by atoms with Crippen LogP contribution < -0.4 is 20.3 Å². The molecule has 30 heavy (non-hydrogen) atoms. The first-order valence-electron chi connectivity index (χ1n) is 9.86. The molecule has 3 rings (SSSR count). The first-order valence-corrected chi connectivity index (χ1v) is 9.86. The van der Waals surface area contributed by atoms with E-state index in [4.69, 9.17) is 4.74 Å². The van der Waals surface area contributed by atoms with E-state index in [1.807, 2.05) is 49.2 Å². The number of hydrogen-bond acceptors (Lipinski definition) is 4. The first-order chi connectivity index (χ1) is 14.0. The number of aromatic nitrogens is 1. The number of benzene rings is 1. The Labute approximate surface area is 195 Å². The van der Waals surface area contributed by atoms with Gasteiger partial charge in [0, 0.05) is 49.6 Å². The lowest BCUT2D eigenvalue weighted by molar-refractivity contribution is -0.117. The van der Waals surface area contributed by atoms with E-state index in [0.29, 0.717) is 25.5 Å². The molecule has 0 aliphatic carbocycles. The molecular weight excluding hydrogens is 493 g/mol. The van der Waals surface area contributed by atoms with Crippen LogP contribution >= 0.6 is 24.0 Å². The number of nitrogens with zero attached hydrogens (tertiary/aromatic N) is 3. The second-order valence-electron chi connectivity index (χ2n) is 7.14. The number of hydrogen-bond donors (Lipinski definition) is 2. The maximum Gasteiger partial charge on any atom is 0.227 e. The van der Waals surface area contributed by atoms with Gasteiger partial charge in [-0.1, -0.05) is 12.1 Å². The van der Waals surface area contributed by atoms with Crippen LogP contribution in [0.3, 0.4) is 0 Å². The molecule has 1 amide bonds. The lowest BCUT2D eigenvalue weighted by Crippen LogP contribution is -2.36. The Hall–Kier alpha value is -2.36. The van der Waals surface area contributed by atoms with Crippen LogP contribution in [0.25, 0.3) is 0 Å². The van der Waals surface area contributed by atoms with E-state index in [1.54, 1.807) is 14.2 Å². The van der Waals surface area contributed by atoms with E-state index in [9.17, 15) is 4.79 Å². The van der Waals surface area contributed by atoms with Gasteiger partial charge in [0.05, 0.1) is 19.3 Å². The zero-order chi connectivity index (χ0) is 20.8. The molecule has 162 valence electrons. The number of aryl methyl sites for hydroxylation is 1. The second-order valence-corrected chi connectivity index (χ2v) is 7.14. The van der Waals surface area contributed by atoms with Crippen molar-refractivity contribution in [3.63, 3.8) is 0 Å². The number of rotatable bonds is 6. The van der Waals surface area contributed by atoms with Gasteiger partial charge in [0.25, 0.3) is 0 Å². The molecule has 8 heteroatoms. The predicted octanol–water partition coefficient (Wildman–Crippen LogP) is 3.32. The molecule has 0 saturated carbocycles. The molecule has 1 aromatic heterocycles. The van der Waals surface area contributed by atoms with E-state index in [1.165, 1.54) is 0 Å². The summed E-state index contributed by atoms with van der Waals surface area (Å²) in [5.74, 6) is 1.78. The number of aliphatic imine (C=N–C) groups is 1. The summed E-state index contributed by atoms with van der Waals surface area (Å²) >= 11 is 0. The zero-order valence-corrected chi connectivity index (χ0v) is 20.3. The lowest BCUT2D eigenvalue weighted by atomic mass is 10.1. The van der Waals surface area contributed by atoms with Crippen LogP contribution in [0.15, 0.2) is 35.5 Å². The largest absolute Gasteiger partial charge is 0.496 e. The van der Waals surface area contributed by atoms with Gasteiger partial charge in [-0.05, 0) is 38.0 Å². The van der Waals surface area contributed by atoms with Gasteiger partial charge >= 0.3 is 0 Å². The number of carbonyl (C=O) groups is 1. The Balaban J connectivity index is 0.00000320. The molecule has 2 heterocycles. The minimum Gasteiger partial charge on any atom is -0.496 e. The summed E-state index contributed by atoms with van der Waals surface area (Å²) in [7, 11) is 3.42. The third kappa shape index (κ3) is 5.62. The molecule has 0 radical (unpaired) electrons. The number of guanidine groups is 1. The van der Waals surface area contributed by atoms with E-state index < -0.39 is 0 Å². The third-order valence-corrected chi connectivity index (χ3v) is 5.18. The molecule has 0 unspecified atom stereocenters. The Morgan fingerprint density at radius 1 is 1.20 bits per heavy atom. The van der Waals surface area contributed by atoms with Gasteiger partial charge in [-0.3, -0.25) is 14.8 Å². The standard InChI is InChI=1S/C22H29N5O2.HI/c1-15-12-24-19(16(2)21(15)29-4)14-26-22(23-3)25-13-17-7-9-18(10-8-17)27-11-5-6-20(27)28;/h7-10,12H,5-6,11,13-14H2,1-4H3,(H2,23,25,26);1H. The van der Waals surface area contributed by atoms with Crippen LogP contribution in [0.1, 0.15) is 35.2 Å². The van der Waals surface area contributed by atoms with Crippen molar-refractivity contribution in [1.82, 2.24) is 15.6 Å². The summed E-state index contributed by atoms with van der Waals surface area (Å²) in [6, 6.07) is 8.08. The quantitative estimate of drug-likeness (QED) is 0.345. The Morgan fingerprint density at radius 3 is 2.50 bits per heavy atom. The molecule has 1 aliphatic heterocycles. The van der Waals surface area contributed by atoms with Crippen LogP contribution in [0.2, 0.25) is 0 Å². The molecule has 0 atom stereocenters. The number of halogens is 1. The maximum absolute atomic E-state index is 11.9. The average molecular weight is 523 g/mol. The molecular formula is C22H30IN5O2. The molecule has 7 nitrogen and oxygen atoms in total. The summed E-state index contributed by atoms with van der Waals surface area (Å²) in [4.78, 5) is 22.5.